The van der Waals surface area contributed by atoms with E-state index in [1.54, 1.807) is 24.3 Å². The third kappa shape index (κ3) is 3.70. The molecule has 2 rings (SSSR count). The fourth-order valence-corrected chi connectivity index (χ4v) is 2.37. The van der Waals surface area contributed by atoms with Gasteiger partial charge in [0.1, 0.15) is 6.17 Å². The molecule has 0 fully saturated rings. The van der Waals surface area contributed by atoms with Crippen LogP contribution in [0.5, 0.6) is 0 Å². The fraction of sp³-hybridized carbons (Fsp3) is 0.133. The number of hydrogen-bond acceptors (Lipinski definition) is 2. The van der Waals surface area contributed by atoms with E-state index < -0.39 is 6.17 Å². The number of thioether (sulfide) groups is 1. The Labute approximate surface area is 110 Å². The first-order valence-corrected chi connectivity index (χ1v) is 6.52. The van der Waals surface area contributed by atoms with Crippen LogP contribution in [0.4, 0.5) is 4.39 Å². The second-order valence-corrected chi connectivity index (χ2v) is 5.00. The molecule has 0 saturated heterocycles. The van der Waals surface area contributed by atoms with Crippen LogP contribution >= 0.6 is 11.8 Å². The minimum atomic E-state index is -1.23. The van der Waals surface area contributed by atoms with Gasteiger partial charge in [0.15, 0.2) is 5.12 Å². The zero-order valence-electron chi connectivity index (χ0n) is 9.75. The number of carbonyl (C=O) groups excluding carboxylic acids is 1. The average Bonchev–Trinajstić information content (AvgIpc) is 2.40. The van der Waals surface area contributed by atoms with Crippen LogP contribution in [0.2, 0.25) is 0 Å². The predicted molar refractivity (Wildman–Crippen MR) is 72.2 cm³/mol. The summed E-state index contributed by atoms with van der Waals surface area (Å²) < 4.78 is 13.9. The van der Waals surface area contributed by atoms with E-state index in [9.17, 15) is 9.18 Å². The van der Waals surface area contributed by atoms with E-state index in [0.29, 0.717) is 5.56 Å². The molecule has 0 aliphatic rings. The van der Waals surface area contributed by atoms with Crippen LogP contribution < -0.4 is 0 Å². The Morgan fingerprint density at radius 2 is 1.56 bits per heavy atom. The molecule has 92 valence electrons. The minimum absolute atomic E-state index is 0.0937. The van der Waals surface area contributed by atoms with E-state index >= 15 is 0 Å². The van der Waals surface area contributed by atoms with Crippen LogP contribution in [0.1, 0.15) is 18.2 Å². The molecule has 0 bridgehead atoms. The van der Waals surface area contributed by atoms with Crippen molar-refractivity contribution in [3.05, 3.63) is 66.2 Å². The molecule has 1 unspecified atom stereocenters. The number of halogens is 1. The lowest BCUT2D eigenvalue weighted by atomic mass is 10.1. The molecule has 0 saturated carbocycles. The van der Waals surface area contributed by atoms with Crippen molar-refractivity contribution in [2.45, 2.75) is 17.5 Å². The monoisotopic (exact) mass is 260 g/mol. The van der Waals surface area contributed by atoms with Crippen LogP contribution in [-0.2, 0) is 4.79 Å². The summed E-state index contributed by atoms with van der Waals surface area (Å²) in [5, 5.41) is -0.155. The molecule has 0 radical (unpaired) electrons. The van der Waals surface area contributed by atoms with Gasteiger partial charge in [0, 0.05) is 4.90 Å². The molecule has 0 N–H and O–H groups in total. The van der Waals surface area contributed by atoms with E-state index in [0.717, 1.165) is 16.7 Å². The molecule has 2 aromatic carbocycles. The van der Waals surface area contributed by atoms with Crippen molar-refractivity contribution in [3.8, 4) is 0 Å². The van der Waals surface area contributed by atoms with Gasteiger partial charge in [-0.25, -0.2) is 4.39 Å². The highest BCUT2D eigenvalue weighted by Gasteiger charge is 2.15. The first kappa shape index (κ1) is 12.8. The van der Waals surface area contributed by atoms with Crippen molar-refractivity contribution in [1.82, 2.24) is 0 Å². The molecule has 0 aliphatic heterocycles. The van der Waals surface area contributed by atoms with Crippen LogP contribution in [0.3, 0.4) is 0 Å². The molecule has 2 aromatic rings. The van der Waals surface area contributed by atoms with Gasteiger partial charge in [0.05, 0.1) is 6.42 Å². The van der Waals surface area contributed by atoms with Crippen LogP contribution in [0, 0.1) is 0 Å². The fourth-order valence-electron chi connectivity index (χ4n) is 1.59. The van der Waals surface area contributed by atoms with E-state index in [-0.39, 0.29) is 11.5 Å². The second kappa shape index (κ2) is 6.36. The Bertz CT molecular complexity index is 498. The third-order valence-electron chi connectivity index (χ3n) is 2.48. The number of hydrogen-bond donors (Lipinski definition) is 0. The lowest BCUT2D eigenvalue weighted by Crippen LogP contribution is -1.99. The first-order valence-electron chi connectivity index (χ1n) is 5.70. The number of benzene rings is 2. The highest BCUT2D eigenvalue weighted by Crippen LogP contribution is 2.27. The Morgan fingerprint density at radius 1 is 1.00 bits per heavy atom. The maximum atomic E-state index is 13.9. The van der Waals surface area contributed by atoms with Gasteiger partial charge in [-0.2, -0.15) is 0 Å². The zero-order valence-corrected chi connectivity index (χ0v) is 10.6. The van der Waals surface area contributed by atoms with Crippen LogP contribution in [0.15, 0.2) is 65.6 Å². The van der Waals surface area contributed by atoms with Crippen molar-refractivity contribution in [2.24, 2.45) is 0 Å². The van der Waals surface area contributed by atoms with Gasteiger partial charge in [-0.1, -0.05) is 60.3 Å². The summed E-state index contributed by atoms with van der Waals surface area (Å²) in [5.74, 6) is 0. The van der Waals surface area contributed by atoms with Crippen LogP contribution in [0.25, 0.3) is 0 Å². The number of alkyl halides is 1. The summed E-state index contributed by atoms with van der Waals surface area (Å²) in [6, 6.07) is 18.1. The van der Waals surface area contributed by atoms with E-state index in [1.807, 2.05) is 36.4 Å². The SMILES string of the molecule is O=C(CC(F)c1ccccc1)Sc1ccccc1. The zero-order chi connectivity index (χ0) is 12.8. The van der Waals surface area contributed by atoms with Crippen molar-refractivity contribution < 1.29 is 9.18 Å². The van der Waals surface area contributed by atoms with Gasteiger partial charge in [0.2, 0.25) is 0 Å². The molecule has 1 atom stereocenters. The predicted octanol–water partition coefficient (Wildman–Crippen LogP) is 4.41. The van der Waals surface area contributed by atoms with Gasteiger partial charge in [0.25, 0.3) is 0 Å². The van der Waals surface area contributed by atoms with Gasteiger partial charge in [-0.3, -0.25) is 4.79 Å². The topological polar surface area (TPSA) is 17.1 Å². The maximum Gasteiger partial charge on any atom is 0.196 e. The van der Waals surface area contributed by atoms with Gasteiger partial charge >= 0.3 is 0 Å². The summed E-state index contributed by atoms with van der Waals surface area (Å²) in [6.07, 6.45) is -1.32. The Hall–Kier alpha value is -1.61. The Kier molecular flexibility index (Phi) is 4.53. The summed E-state index contributed by atoms with van der Waals surface area (Å²) in [5.41, 5.74) is 0.555. The lowest BCUT2D eigenvalue weighted by molar-refractivity contribution is -0.112. The molecule has 0 amide bonds. The molecule has 3 heteroatoms. The van der Waals surface area contributed by atoms with Crippen molar-refractivity contribution in [1.29, 1.82) is 0 Å². The van der Waals surface area contributed by atoms with Gasteiger partial charge in [-0.15, -0.1) is 0 Å². The van der Waals surface area contributed by atoms with E-state index in [4.69, 9.17) is 0 Å². The molecule has 1 nitrogen and oxygen atoms in total. The third-order valence-corrected chi connectivity index (χ3v) is 3.38. The van der Waals surface area contributed by atoms with E-state index in [1.165, 1.54) is 0 Å². The molecule has 0 heterocycles. The maximum absolute atomic E-state index is 13.9. The highest BCUT2D eigenvalue weighted by atomic mass is 32.2. The quantitative estimate of drug-likeness (QED) is 0.758. The highest BCUT2D eigenvalue weighted by molar-refractivity contribution is 8.13. The standard InChI is InChI=1S/C15H13FOS/c16-14(12-7-3-1-4-8-12)11-15(17)18-13-9-5-2-6-10-13/h1-10,14H,11H2. The molecule has 0 spiro atoms. The van der Waals surface area contributed by atoms with Crippen LogP contribution in [-0.4, -0.2) is 5.12 Å². The minimum Gasteiger partial charge on any atom is -0.287 e. The van der Waals surface area contributed by atoms with Crippen molar-refractivity contribution in [2.75, 3.05) is 0 Å². The van der Waals surface area contributed by atoms with E-state index in [2.05, 4.69) is 0 Å². The molecular formula is C15H13FOS. The number of rotatable bonds is 4. The summed E-state index contributed by atoms with van der Waals surface area (Å²) in [4.78, 5) is 12.6. The molecule has 18 heavy (non-hydrogen) atoms. The normalized spacial score (nSPS) is 12.1. The lowest BCUT2D eigenvalue weighted by Gasteiger charge is -2.07. The Morgan fingerprint density at radius 3 is 2.17 bits per heavy atom. The molecule has 0 aliphatic carbocycles. The summed E-state index contributed by atoms with van der Waals surface area (Å²) in [6.45, 7) is 0. The first-order chi connectivity index (χ1) is 8.75. The molecule has 0 aromatic heterocycles. The van der Waals surface area contributed by atoms with Gasteiger partial charge < -0.3 is 0 Å². The van der Waals surface area contributed by atoms with Gasteiger partial charge in [-0.05, 0) is 17.7 Å². The summed E-state index contributed by atoms with van der Waals surface area (Å²) in [7, 11) is 0. The smallest absolute Gasteiger partial charge is 0.196 e. The second-order valence-electron chi connectivity index (χ2n) is 3.87. The van der Waals surface area contributed by atoms with Crippen molar-refractivity contribution >= 4 is 16.9 Å². The summed E-state index contributed by atoms with van der Waals surface area (Å²) >= 11 is 1.09. The average molecular weight is 260 g/mol. The number of carbonyl (C=O) groups is 1. The van der Waals surface area contributed by atoms with Crippen molar-refractivity contribution in [3.63, 3.8) is 0 Å². The molecular weight excluding hydrogens is 247 g/mol. The largest absolute Gasteiger partial charge is 0.287 e. The Balaban J connectivity index is 1.92.